The fraction of sp³-hybridized carbons (Fsp3) is 0.405. The fourth-order valence-electron chi connectivity index (χ4n) is 7.98. The van der Waals surface area contributed by atoms with E-state index >= 15 is 9.59 Å². The van der Waals surface area contributed by atoms with E-state index in [1.54, 1.807) is 0 Å². The Morgan fingerprint density at radius 1 is 1.00 bits per heavy atom. The molecule has 57 heavy (non-hydrogen) atoms. The maximum atomic E-state index is 15.8. The number of ketones is 2. The Labute approximate surface area is 337 Å². The zero-order valence-electron chi connectivity index (χ0n) is 33.4. The standard InChI is InChI=1S/C42H48ClN5O8Si/c1-41(2,3)57(7,8)56-42-27(31(48(5)6)33-30(36(42)51)39(47-55-33)54-22-24-17-13-10-14-18-24)20-25-19-26-29(32(49)28(25)35(42)50)34(53-21-23-15-11-9-12-16-23)38(45-37(26)43)46-40(52)44-4/h9-18,25,27,31,49H,19-22H2,1-8H3,(H2,44,45,46,52)/t25-,27-,31-,42-/m0/s1. The first-order valence-electron chi connectivity index (χ1n) is 18.9. The summed E-state index contributed by atoms with van der Waals surface area (Å²) in [4.78, 5) is 50.4. The predicted molar refractivity (Wildman–Crippen MR) is 217 cm³/mol. The van der Waals surface area contributed by atoms with E-state index in [-0.39, 0.29) is 71.1 Å². The highest BCUT2D eigenvalue weighted by molar-refractivity contribution is 6.74. The van der Waals surface area contributed by atoms with E-state index in [9.17, 15) is 9.90 Å². The lowest BCUT2D eigenvalue weighted by atomic mass is 9.57. The molecule has 1 saturated carbocycles. The van der Waals surface area contributed by atoms with Gasteiger partial charge in [-0.2, -0.15) is 0 Å². The molecular weight excluding hydrogens is 766 g/mol. The van der Waals surface area contributed by atoms with E-state index in [4.69, 9.17) is 30.0 Å². The molecular formula is C42H48ClN5O8Si. The number of carbonyl (C=O) groups excluding carboxylic acids is 3. The van der Waals surface area contributed by atoms with E-state index in [1.165, 1.54) is 7.05 Å². The van der Waals surface area contributed by atoms with E-state index in [0.717, 1.165) is 11.1 Å². The number of hydrogen-bond acceptors (Lipinski definition) is 11. The van der Waals surface area contributed by atoms with Gasteiger partial charge in [0.1, 0.15) is 29.7 Å². The first-order valence-corrected chi connectivity index (χ1v) is 22.2. The molecule has 4 atom stereocenters. The van der Waals surface area contributed by atoms with Gasteiger partial charge in [-0.1, -0.05) is 93.0 Å². The number of nitrogens with one attached hydrogen (secondary N) is 2. The van der Waals surface area contributed by atoms with Gasteiger partial charge in [-0.25, -0.2) is 9.78 Å². The van der Waals surface area contributed by atoms with Crippen molar-refractivity contribution in [3.8, 4) is 11.6 Å². The third-order valence-corrected chi connectivity index (χ3v) is 16.5. The third-order valence-electron chi connectivity index (χ3n) is 11.8. The summed E-state index contributed by atoms with van der Waals surface area (Å²) in [5.74, 6) is -2.83. The number of amides is 2. The number of Topliss-reactive ketones (excluding diaryl/α,β-unsaturated/α-hetero) is 2. The van der Waals surface area contributed by atoms with Crippen molar-refractivity contribution >= 4 is 49.1 Å². The summed E-state index contributed by atoms with van der Waals surface area (Å²) in [5, 5.41) is 21.5. The summed E-state index contributed by atoms with van der Waals surface area (Å²) in [6, 6.07) is 17.6. The molecule has 3 aliphatic carbocycles. The number of anilines is 1. The fourth-order valence-corrected chi connectivity index (χ4v) is 9.68. The van der Waals surface area contributed by atoms with Crippen LogP contribution in [-0.2, 0) is 28.9 Å². The number of nitrogens with zero attached hydrogens (tertiary/aromatic N) is 3. The van der Waals surface area contributed by atoms with Gasteiger partial charge in [0, 0.05) is 24.1 Å². The van der Waals surface area contributed by atoms with E-state index in [1.807, 2.05) is 114 Å². The van der Waals surface area contributed by atoms with Crippen molar-refractivity contribution in [3.05, 3.63) is 105 Å². The van der Waals surface area contributed by atoms with Gasteiger partial charge in [0.25, 0.3) is 5.88 Å². The molecule has 300 valence electrons. The smallest absolute Gasteiger partial charge is 0.320 e. The molecule has 2 aromatic carbocycles. The van der Waals surface area contributed by atoms with Gasteiger partial charge in [0.05, 0.1) is 11.6 Å². The van der Waals surface area contributed by atoms with Crippen LogP contribution >= 0.6 is 11.6 Å². The molecule has 2 heterocycles. The average Bonchev–Trinajstić information content (AvgIpc) is 3.58. The maximum absolute atomic E-state index is 15.8. The Kier molecular flexibility index (Phi) is 10.6. The number of urea groups is 1. The number of hydrogen-bond donors (Lipinski definition) is 3. The Morgan fingerprint density at radius 3 is 2.19 bits per heavy atom. The number of aliphatic hydroxyl groups excluding tert-OH is 1. The first-order chi connectivity index (χ1) is 27.0. The van der Waals surface area contributed by atoms with Crippen molar-refractivity contribution in [2.24, 2.45) is 11.8 Å². The highest BCUT2D eigenvalue weighted by Crippen LogP contribution is 2.59. The van der Waals surface area contributed by atoms with Gasteiger partial charge < -0.3 is 28.8 Å². The molecule has 0 saturated heterocycles. The minimum Gasteiger partial charge on any atom is -0.507 e. The SMILES string of the molecule is CNC(=O)Nc1nc(Cl)c2c(c1OCc1ccccc1)C(O)=C1C(=O)[C@]3(O[Si](C)(C)C(C)(C)C)C(=O)c4c(OCc5ccccc5)noc4[C@@H](N(C)C)[C@@H]3C[C@@H]1C2. The van der Waals surface area contributed by atoms with Crippen molar-refractivity contribution in [1.82, 2.24) is 20.4 Å². The molecule has 0 spiro atoms. The highest BCUT2D eigenvalue weighted by Gasteiger charge is 2.69. The number of rotatable bonds is 10. The summed E-state index contributed by atoms with van der Waals surface area (Å²) >= 11 is 6.87. The minimum absolute atomic E-state index is 0.0210. The number of benzene rings is 2. The van der Waals surface area contributed by atoms with Crippen LogP contribution in [0.4, 0.5) is 10.6 Å². The van der Waals surface area contributed by atoms with Gasteiger partial charge in [-0.3, -0.25) is 19.8 Å². The molecule has 3 N–H and O–H groups in total. The Balaban J connectivity index is 1.43. The predicted octanol–water partition coefficient (Wildman–Crippen LogP) is 7.92. The van der Waals surface area contributed by atoms with Crippen LogP contribution in [0.5, 0.6) is 11.6 Å². The topological polar surface area (TPSA) is 165 Å². The number of fused-ring (bicyclic) bond motifs is 4. The van der Waals surface area contributed by atoms with Crippen LogP contribution in [0, 0.1) is 11.8 Å². The number of carbonyl (C=O) groups is 3. The van der Waals surface area contributed by atoms with Gasteiger partial charge >= 0.3 is 6.03 Å². The lowest BCUT2D eigenvalue weighted by Gasteiger charge is -2.55. The summed E-state index contributed by atoms with van der Waals surface area (Å²) in [6.45, 7) is 10.3. The second kappa shape index (κ2) is 15.1. The molecule has 13 nitrogen and oxygen atoms in total. The van der Waals surface area contributed by atoms with Crippen molar-refractivity contribution in [3.63, 3.8) is 0 Å². The van der Waals surface area contributed by atoms with Gasteiger partial charge in [0.2, 0.25) is 11.6 Å². The number of pyridine rings is 1. The number of ether oxygens (including phenoxy) is 2. The molecule has 0 aliphatic heterocycles. The Hall–Kier alpha value is -5.02. The monoisotopic (exact) mass is 813 g/mol. The van der Waals surface area contributed by atoms with E-state index in [2.05, 4.69) is 20.8 Å². The Morgan fingerprint density at radius 2 is 1.61 bits per heavy atom. The lowest BCUT2D eigenvalue weighted by Crippen LogP contribution is -2.68. The second-order valence-corrected chi connectivity index (χ2v) is 21.7. The molecule has 0 radical (unpaired) electrons. The third kappa shape index (κ3) is 6.92. The molecule has 0 bridgehead atoms. The van der Waals surface area contributed by atoms with Crippen molar-refractivity contribution < 1.29 is 37.9 Å². The summed E-state index contributed by atoms with van der Waals surface area (Å²) < 4.78 is 25.7. The van der Waals surface area contributed by atoms with Crippen LogP contribution < -0.4 is 20.1 Å². The largest absolute Gasteiger partial charge is 0.507 e. The normalized spacial score (nSPS) is 21.7. The van der Waals surface area contributed by atoms with Gasteiger partial charge in [-0.05, 0) is 67.3 Å². The summed E-state index contributed by atoms with van der Waals surface area (Å²) in [6.07, 6.45) is 0.423. The number of aromatic nitrogens is 2. The molecule has 0 unspecified atom stereocenters. The van der Waals surface area contributed by atoms with Crippen LogP contribution in [0.15, 0.2) is 70.8 Å². The second-order valence-electron chi connectivity index (χ2n) is 16.6. The Bertz CT molecular complexity index is 2260. The van der Waals surface area contributed by atoms with E-state index < -0.39 is 60.2 Å². The van der Waals surface area contributed by atoms with Crippen LogP contribution in [0.2, 0.25) is 23.3 Å². The van der Waals surface area contributed by atoms with Crippen molar-refractivity contribution in [1.29, 1.82) is 0 Å². The maximum Gasteiger partial charge on any atom is 0.320 e. The van der Waals surface area contributed by atoms with Crippen molar-refractivity contribution in [2.45, 2.75) is 76.6 Å². The number of halogens is 1. The molecule has 2 aromatic heterocycles. The zero-order valence-corrected chi connectivity index (χ0v) is 35.1. The molecule has 4 aromatic rings. The van der Waals surface area contributed by atoms with Crippen LogP contribution in [-0.4, -0.2) is 72.8 Å². The molecule has 7 rings (SSSR count). The van der Waals surface area contributed by atoms with Gasteiger partial charge in [0.15, 0.2) is 31.2 Å². The minimum atomic E-state index is -2.97. The lowest BCUT2D eigenvalue weighted by molar-refractivity contribution is -0.140. The zero-order chi connectivity index (χ0) is 41.0. The van der Waals surface area contributed by atoms with E-state index in [0.29, 0.717) is 5.56 Å². The molecule has 1 fully saturated rings. The van der Waals surface area contributed by atoms with Crippen LogP contribution in [0.1, 0.15) is 71.6 Å². The number of aliphatic hydroxyl groups is 1. The molecule has 2 amide bonds. The van der Waals surface area contributed by atoms with Crippen LogP contribution in [0.25, 0.3) is 5.76 Å². The van der Waals surface area contributed by atoms with Gasteiger partial charge in [-0.15, -0.1) is 0 Å². The first kappa shape index (κ1) is 40.2. The van der Waals surface area contributed by atoms with Crippen molar-refractivity contribution in [2.75, 3.05) is 26.5 Å². The molecule has 3 aliphatic rings. The summed E-state index contributed by atoms with van der Waals surface area (Å²) in [5.41, 5.74) is 0.185. The average molecular weight is 814 g/mol. The molecule has 15 heteroatoms. The summed E-state index contributed by atoms with van der Waals surface area (Å²) in [7, 11) is 2.20. The quantitative estimate of drug-likeness (QED) is 0.0809. The highest BCUT2D eigenvalue weighted by atomic mass is 35.5. The van der Waals surface area contributed by atoms with Crippen LogP contribution in [0.3, 0.4) is 0 Å².